The van der Waals surface area contributed by atoms with E-state index in [4.69, 9.17) is 21.3 Å². The van der Waals surface area contributed by atoms with Crippen molar-refractivity contribution in [3.8, 4) is 28.6 Å². The highest BCUT2D eigenvalue weighted by atomic mass is 35.5. The van der Waals surface area contributed by atoms with Gasteiger partial charge in [0.1, 0.15) is 11.4 Å². The van der Waals surface area contributed by atoms with Gasteiger partial charge in [-0.1, -0.05) is 29.8 Å². The van der Waals surface area contributed by atoms with Gasteiger partial charge in [0.2, 0.25) is 0 Å². The summed E-state index contributed by atoms with van der Waals surface area (Å²) in [4.78, 5) is 24.2. The molecule has 1 saturated heterocycles. The number of ether oxygens (including phenoxy) is 1. The number of nitriles is 1. The molecule has 1 fully saturated rings. The molecule has 5 rings (SSSR count). The molecule has 38 heavy (non-hydrogen) atoms. The molecule has 0 spiro atoms. The van der Waals surface area contributed by atoms with E-state index >= 15 is 0 Å². The predicted molar refractivity (Wildman–Crippen MR) is 149 cm³/mol. The van der Waals surface area contributed by atoms with Crippen LogP contribution in [0.4, 0.5) is 10.5 Å². The maximum atomic E-state index is 12.5. The molecule has 1 aliphatic heterocycles. The number of carbonyl (C=O) groups excluding carboxylic acids is 1. The number of imidazole rings is 1. The Morgan fingerprint density at radius 1 is 1.18 bits per heavy atom. The molecule has 1 aliphatic rings. The average molecular weight is 529 g/mol. The highest BCUT2D eigenvalue weighted by Crippen LogP contribution is 2.41. The number of nitrogens with zero attached hydrogens (tertiary/aromatic N) is 5. The smallest absolute Gasteiger partial charge is 0.407 e. The van der Waals surface area contributed by atoms with Gasteiger partial charge >= 0.3 is 6.09 Å². The van der Waals surface area contributed by atoms with Crippen LogP contribution in [0.5, 0.6) is 0 Å². The number of anilines is 1. The van der Waals surface area contributed by atoms with Gasteiger partial charge in [-0.3, -0.25) is 4.98 Å². The van der Waals surface area contributed by atoms with Crippen molar-refractivity contribution in [1.82, 2.24) is 19.9 Å². The standard InChI is InChI=1S/C29H29ClN6O2/c1-29(2,3)38-28(37)33-20-11-12-36(17-20)25-21(19-8-5-7-18(13-19)14-31)15-32-16-22(25)27-34-24-10-6-9-23(30)26(24)35(27)4/h5-10,13,15-16,20H,11-12,17H2,1-4H3,(H,33,37)/t20-/m0/s1. The lowest BCUT2D eigenvalue weighted by Crippen LogP contribution is -2.40. The second-order valence-electron chi connectivity index (χ2n) is 10.5. The zero-order valence-corrected chi connectivity index (χ0v) is 22.6. The number of hydrogen-bond acceptors (Lipinski definition) is 6. The molecule has 1 atom stereocenters. The summed E-state index contributed by atoms with van der Waals surface area (Å²) in [6, 6.07) is 15.3. The fraction of sp³-hybridized carbons (Fsp3) is 0.310. The summed E-state index contributed by atoms with van der Waals surface area (Å²) in [6.07, 6.45) is 3.97. The van der Waals surface area contributed by atoms with E-state index in [0.29, 0.717) is 23.7 Å². The second kappa shape index (κ2) is 9.99. The SMILES string of the molecule is Cn1c(-c2cncc(-c3cccc(C#N)c3)c2N2CC[C@H](NC(=O)OC(C)(C)C)C2)nc2cccc(Cl)c21. The number of aryl methyl sites for hydroxylation is 1. The normalized spacial score (nSPS) is 15.5. The molecule has 2 aromatic carbocycles. The molecule has 0 bridgehead atoms. The monoisotopic (exact) mass is 528 g/mol. The number of nitrogens with one attached hydrogen (secondary N) is 1. The highest BCUT2D eigenvalue weighted by Gasteiger charge is 2.30. The van der Waals surface area contributed by atoms with Crippen LogP contribution in [-0.2, 0) is 11.8 Å². The number of amides is 1. The van der Waals surface area contributed by atoms with Gasteiger partial charge in [-0.25, -0.2) is 9.78 Å². The van der Waals surface area contributed by atoms with Crippen LogP contribution in [0.3, 0.4) is 0 Å². The van der Waals surface area contributed by atoms with Crippen LogP contribution in [0.2, 0.25) is 5.02 Å². The van der Waals surface area contributed by atoms with E-state index in [2.05, 4.69) is 21.3 Å². The molecular weight excluding hydrogens is 500 g/mol. The molecule has 4 aromatic rings. The van der Waals surface area contributed by atoms with Crippen molar-refractivity contribution in [2.45, 2.75) is 38.8 Å². The number of fused-ring (bicyclic) bond motifs is 1. The van der Waals surface area contributed by atoms with Crippen molar-refractivity contribution in [2.75, 3.05) is 18.0 Å². The van der Waals surface area contributed by atoms with E-state index in [1.807, 2.05) is 81.2 Å². The van der Waals surface area contributed by atoms with Gasteiger partial charge in [-0.05, 0) is 57.0 Å². The third-order valence-electron chi connectivity index (χ3n) is 6.53. The van der Waals surface area contributed by atoms with Gasteiger partial charge in [0.25, 0.3) is 0 Å². The summed E-state index contributed by atoms with van der Waals surface area (Å²) < 4.78 is 7.46. The van der Waals surface area contributed by atoms with Gasteiger partial charge in [0, 0.05) is 38.1 Å². The quantitative estimate of drug-likeness (QED) is 0.352. The Balaban J connectivity index is 1.60. The van der Waals surface area contributed by atoms with E-state index in [1.54, 1.807) is 6.07 Å². The number of hydrogen-bond donors (Lipinski definition) is 1. The van der Waals surface area contributed by atoms with Crippen molar-refractivity contribution in [3.05, 3.63) is 65.4 Å². The lowest BCUT2D eigenvalue weighted by Gasteiger charge is -2.26. The summed E-state index contributed by atoms with van der Waals surface area (Å²) in [5.74, 6) is 0.734. The summed E-state index contributed by atoms with van der Waals surface area (Å²) in [7, 11) is 1.94. The summed E-state index contributed by atoms with van der Waals surface area (Å²) in [5, 5.41) is 13.1. The van der Waals surface area contributed by atoms with Crippen LogP contribution < -0.4 is 10.2 Å². The molecule has 0 saturated carbocycles. The third kappa shape index (κ3) is 5.02. The first-order chi connectivity index (χ1) is 18.1. The highest BCUT2D eigenvalue weighted by molar-refractivity contribution is 6.35. The fourth-order valence-electron chi connectivity index (χ4n) is 4.94. The minimum Gasteiger partial charge on any atom is -0.444 e. The van der Waals surface area contributed by atoms with Gasteiger partial charge in [-0.15, -0.1) is 0 Å². The van der Waals surface area contributed by atoms with Crippen molar-refractivity contribution >= 4 is 34.4 Å². The molecular formula is C29H29ClN6O2. The summed E-state index contributed by atoms with van der Waals surface area (Å²) in [5.41, 5.74) is 5.20. The Kier molecular flexibility index (Phi) is 6.72. The molecule has 1 N–H and O–H groups in total. The van der Waals surface area contributed by atoms with Gasteiger partial charge in [-0.2, -0.15) is 5.26 Å². The van der Waals surface area contributed by atoms with E-state index in [-0.39, 0.29) is 6.04 Å². The number of carbonyl (C=O) groups is 1. The zero-order valence-electron chi connectivity index (χ0n) is 21.8. The molecule has 0 radical (unpaired) electrons. The number of halogens is 1. The summed E-state index contributed by atoms with van der Waals surface area (Å²) in [6.45, 7) is 6.85. The molecule has 0 unspecified atom stereocenters. The lowest BCUT2D eigenvalue weighted by molar-refractivity contribution is 0.0509. The number of para-hydroxylation sites is 1. The molecule has 1 amide bonds. The first-order valence-corrected chi connectivity index (χ1v) is 12.9. The summed E-state index contributed by atoms with van der Waals surface area (Å²) >= 11 is 6.53. The Hall–Kier alpha value is -4.09. The van der Waals surface area contributed by atoms with E-state index < -0.39 is 11.7 Å². The Bertz CT molecular complexity index is 1570. The molecule has 3 heterocycles. The lowest BCUT2D eigenvalue weighted by atomic mass is 10.00. The Morgan fingerprint density at radius 2 is 1.95 bits per heavy atom. The molecule has 9 heteroatoms. The van der Waals surface area contributed by atoms with E-state index in [0.717, 1.165) is 45.7 Å². The first-order valence-electron chi connectivity index (χ1n) is 12.5. The Morgan fingerprint density at radius 3 is 2.68 bits per heavy atom. The third-order valence-corrected chi connectivity index (χ3v) is 6.84. The van der Waals surface area contributed by atoms with Gasteiger partial charge < -0.3 is 19.5 Å². The maximum Gasteiger partial charge on any atom is 0.407 e. The van der Waals surface area contributed by atoms with Crippen LogP contribution in [0.15, 0.2) is 54.9 Å². The number of alkyl carbamates (subject to hydrolysis) is 1. The largest absolute Gasteiger partial charge is 0.444 e. The predicted octanol–water partition coefficient (Wildman–Crippen LogP) is 5.93. The van der Waals surface area contributed by atoms with Crippen molar-refractivity contribution < 1.29 is 9.53 Å². The second-order valence-corrected chi connectivity index (χ2v) is 10.9. The minimum absolute atomic E-state index is 0.0842. The number of benzene rings is 2. The topological polar surface area (TPSA) is 96.1 Å². The number of pyridine rings is 1. The van der Waals surface area contributed by atoms with E-state index in [9.17, 15) is 10.1 Å². The molecule has 194 valence electrons. The average Bonchev–Trinajstić information content (AvgIpc) is 3.47. The number of rotatable bonds is 4. The molecule has 2 aromatic heterocycles. The van der Waals surface area contributed by atoms with Gasteiger partial charge in [0.15, 0.2) is 0 Å². The van der Waals surface area contributed by atoms with Crippen LogP contribution in [0.1, 0.15) is 32.8 Å². The maximum absolute atomic E-state index is 12.5. The van der Waals surface area contributed by atoms with Crippen molar-refractivity contribution in [3.63, 3.8) is 0 Å². The number of aromatic nitrogens is 3. The van der Waals surface area contributed by atoms with Crippen LogP contribution >= 0.6 is 11.6 Å². The molecule has 8 nitrogen and oxygen atoms in total. The van der Waals surface area contributed by atoms with Crippen LogP contribution in [-0.4, -0.2) is 45.4 Å². The van der Waals surface area contributed by atoms with Crippen molar-refractivity contribution in [2.24, 2.45) is 7.05 Å². The van der Waals surface area contributed by atoms with Crippen LogP contribution in [0, 0.1) is 11.3 Å². The zero-order chi connectivity index (χ0) is 27.0. The minimum atomic E-state index is -0.568. The van der Waals surface area contributed by atoms with Crippen molar-refractivity contribution in [1.29, 1.82) is 5.26 Å². The Labute approximate surface area is 226 Å². The first kappa shape index (κ1) is 25.6. The van der Waals surface area contributed by atoms with Gasteiger partial charge in [0.05, 0.1) is 45.0 Å². The van der Waals surface area contributed by atoms with Crippen LogP contribution in [0.25, 0.3) is 33.5 Å². The fourth-order valence-corrected chi connectivity index (χ4v) is 5.24. The molecule has 0 aliphatic carbocycles. The van der Waals surface area contributed by atoms with E-state index in [1.165, 1.54) is 0 Å².